The van der Waals surface area contributed by atoms with Crippen LogP contribution in [0.3, 0.4) is 0 Å². The van der Waals surface area contributed by atoms with Crippen LogP contribution in [0, 0.1) is 0 Å². The molecule has 0 saturated carbocycles. The lowest BCUT2D eigenvalue weighted by Crippen LogP contribution is -2.31. The molecule has 4 heteroatoms. The molecule has 0 bridgehead atoms. The molecule has 0 radical (unpaired) electrons. The molecule has 136 valence electrons. The average molecular weight is 334 g/mol. The molecule has 0 aromatic carbocycles. The third-order valence-electron chi connectivity index (χ3n) is 4.29. The van der Waals surface area contributed by atoms with Gasteiger partial charge < -0.3 is 9.88 Å². The number of imidazole rings is 1. The summed E-state index contributed by atoms with van der Waals surface area (Å²) in [4.78, 5) is 21.5. The summed E-state index contributed by atoms with van der Waals surface area (Å²) < 4.78 is 0. The molecule has 0 aliphatic carbocycles. The Kier molecular flexibility index (Phi) is 11.8. The zero-order chi connectivity index (χ0) is 17.5. The van der Waals surface area contributed by atoms with Gasteiger partial charge in [0, 0.05) is 25.4 Å². The van der Waals surface area contributed by atoms with Crippen molar-refractivity contribution in [2.75, 3.05) is 13.1 Å². The van der Waals surface area contributed by atoms with E-state index in [4.69, 9.17) is 0 Å². The van der Waals surface area contributed by atoms with Gasteiger partial charge in [-0.3, -0.25) is 4.79 Å². The molecule has 24 heavy (non-hydrogen) atoms. The van der Waals surface area contributed by atoms with Crippen LogP contribution in [0.25, 0.3) is 6.08 Å². The van der Waals surface area contributed by atoms with Crippen molar-refractivity contribution < 1.29 is 4.79 Å². The smallest absolute Gasteiger partial charge is 0.246 e. The van der Waals surface area contributed by atoms with Gasteiger partial charge in [0.25, 0.3) is 0 Å². The van der Waals surface area contributed by atoms with Crippen molar-refractivity contribution in [1.29, 1.82) is 0 Å². The molecule has 4 nitrogen and oxygen atoms in total. The number of H-pyrrole nitrogens is 1. The van der Waals surface area contributed by atoms with Crippen molar-refractivity contribution in [3.05, 3.63) is 24.3 Å². The van der Waals surface area contributed by atoms with Crippen LogP contribution in [-0.4, -0.2) is 33.9 Å². The number of nitrogens with zero attached hydrogens (tertiary/aromatic N) is 2. The van der Waals surface area contributed by atoms with Gasteiger partial charge in [-0.05, 0) is 18.9 Å². The van der Waals surface area contributed by atoms with Crippen LogP contribution in [0.5, 0.6) is 0 Å². The highest BCUT2D eigenvalue weighted by Gasteiger charge is 2.10. The Bertz CT molecular complexity index is 426. The summed E-state index contributed by atoms with van der Waals surface area (Å²) in [5.41, 5.74) is 0.800. The molecule has 0 fully saturated rings. The van der Waals surface area contributed by atoms with Crippen molar-refractivity contribution in [3.63, 3.8) is 0 Å². The summed E-state index contributed by atoms with van der Waals surface area (Å²) >= 11 is 0. The summed E-state index contributed by atoms with van der Waals surface area (Å²) in [7, 11) is 0. The summed E-state index contributed by atoms with van der Waals surface area (Å²) in [6, 6.07) is 0. The Morgan fingerprint density at radius 2 is 1.58 bits per heavy atom. The molecule has 1 amide bonds. The molecule has 1 N–H and O–H groups in total. The number of hydrogen-bond donors (Lipinski definition) is 1. The van der Waals surface area contributed by atoms with Crippen LogP contribution in [0.15, 0.2) is 18.6 Å². The predicted molar refractivity (Wildman–Crippen MR) is 102 cm³/mol. The van der Waals surface area contributed by atoms with Crippen LogP contribution < -0.4 is 0 Å². The van der Waals surface area contributed by atoms with Gasteiger partial charge in [0.05, 0.1) is 12.0 Å². The molecule has 0 aliphatic heterocycles. The minimum atomic E-state index is 0.115. The highest BCUT2D eigenvalue weighted by atomic mass is 16.2. The number of aromatic amines is 1. The third kappa shape index (κ3) is 9.53. The van der Waals surface area contributed by atoms with Gasteiger partial charge in [-0.1, -0.05) is 65.2 Å². The lowest BCUT2D eigenvalue weighted by atomic mass is 10.1. The Morgan fingerprint density at radius 1 is 1.00 bits per heavy atom. The number of amides is 1. The van der Waals surface area contributed by atoms with E-state index >= 15 is 0 Å². The maximum absolute atomic E-state index is 12.5. The lowest BCUT2D eigenvalue weighted by molar-refractivity contribution is -0.126. The first kappa shape index (κ1) is 20.5. The van der Waals surface area contributed by atoms with E-state index in [1.807, 2.05) is 4.90 Å². The standard InChI is InChI=1S/C20H35N3O/c1-3-5-7-9-11-15-23(16-12-10-8-6-4-2)20(24)14-13-19-17-21-18-22-19/h13-14,17-18H,3-12,15-16H2,1-2H3,(H,21,22). The minimum Gasteiger partial charge on any atom is -0.351 e. The molecule has 0 atom stereocenters. The first-order valence-corrected chi connectivity index (χ1v) is 9.73. The number of hydrogen-bond acceptors (Lipinski definition) is 2. The van der Waals surface area contributed by atoms with Gasteiger partial charge in [-0.2, -0.15) is 0 Å². The molecule has 1 rings (SSSR count). The van der Waals surface area contributed by atoms with Gasteiger partial charge in [0.2, 0.25) is 5.91 Å². The zero-order valence-electron chi connectivity index (χ0n) is 15.6. The second-order valence-electron chi connectivity index (χ2n) is 6.48. The van der Waals surface area contributed by atoms with Crippen LogP contribution in [0.1, 0.15) is 83.7 Å². The van der Waals surface area contributed by atoms with E-state index in [9.17, 15) is 4.79 Å². The van der Waals surface area contributed by atoms with E-state index in [0.29, 0.717) is 0 Å². The van der Waals surface area contributed by atoms with E-state index in [1.54, 1.807) is 24.7 Å². The molecule has 1 aromatic rings. The SMILES string of the molecule is CCCCCCCN(CCCCCCC)C(=O)C=Cc1c[nH]cn1. The quantitative estimate of drug-likeness (QED) is 0.376. The van der Waals surface area contributed by atoms with E-state index in [1.165, 1.54) is 51.4 Å². The fourth-order valence-corrected chi connectivity index (χ4v) is 2.77. The van der Waals surface area contributed by atoms with Gasteiger partial charge in [0.1, 0.15) is 0 Å². The average Bonchev–Trinajstić information content (AvgIpc) is 3.11. The van der Waals surface area contributed by atoms with E-state index < -0.39 is 0 Å². The molecule has 0 saturated heterocycles. The van der Waals surface area contributed by atoms with Gasteiger partial charge in [0.15, 0.2) is 0 Å². The molecule has 1 heterocycles. The van der Waals surface area contributed by atoms with Crippen LogP contribution in [0.2, 0.25) is 0 Å². The second-order valence-corrected chi connectivity index (χ2v) is 6.48. The maximum Gasteiger partial charge on any atom is 0.246 e. The Hall–Kier alpha value is -1.58. The summed E-state index contributed by atoms with van der Waals surface area (Å²) in [6.45, 7) is 6.21. The zero-order valence-corrected chi connectivity index (χ0v) is 15.6. The highest BCUT2D eigenvalue weighted by molar-refractivity contribution is 5.91. The fourth-order valence-electron chi connectivity index (χ4n) is 2.77. The van der Waals surface area contributed by atoms with E-state index in [2.05, 4.69) is 23.8 Å². The predicted octanol–water partition coefficient (Wildman–Crippen LogP) is 5.19. The second kappa shape index (κ2) is 13.8. The first-order chi connectivity index (χ1) is 11.8. The van der Waals surface area contributed by atoms with Crippen LogP contribution in [-0.2, 0) is 4.79 Å². The molecule has 0 spiro atoms. The van der Waals surface area contributed by atoms with Crippen LogP contribution in [0.4, 0.5) is 0 Å². The van der Waals surface area contributed by atoms with Gasteiger partial charge >= 0.3 is 0 Å². The molecule has 0 aliphatic rings. The molecular formula is C20H35N3O. The third-order valence-corrected chi connectivity index (χ3v) is 4.29. The number of rotatable bonds is 14. The largest absolute Gasteiger partial charge is 0.351 e. The lowest BCUT2D eigenvalue weighted by Gasteiger charge is -2.21. The normalized spacial score (nSPS) is 11.2. The van der Waals surface area contributed by atoms with Gasteiger partial charge in [-0.25, -0.2) is 4.98 Å². The molecular weight excluding hydrogens is 298 g/mol. The van der Waals surface area contributed by atoms with E-state index in [0.717, 1.165) is 31.6 Å². The Balaban J connectivity index is 2.40. The number of carbonyl (C=O) groups is 1. The minimum absolute atomic E-state index is 0.115. The maximum atomic E-state index is 12.5. The fraction of sp³-hybridized carbons (Fsp3) is 0.700. The van der Waals surface area contributed by atoms with Crippen molar-refractivity contribution >= 4 is 12.0 Å². The summed E-state index contributed by atoms with van der Waals surface area (Å²) in [5.74, 6) is 0.115. The Labute approximate surface area is 147 Å². The van der Waals surface area contributed by atoms with Crippen molar-refractivity contribution in [2.24, 2.45) is 0 Å². The van der Waals surface area contributed by atoms with Crippen molar-refractivity contribution in [3.8, 4) is 0 Å². The highest BCUT2D eigenvalue weighted by Crippen LogP contribution is 2.08. The van der Waals surface area contributed by atoms with Gasteiger partial charge in [-0.15, -0.1) is 0 Å². The number of nitrogens with one attached hydrogen (secondary N) is 1. The monoisotopic (exact) mass is 333 g/mol. The number of unbranched alkanes of at least 4 members (excludes halogenated alkanes) is 8. The Morgan fingerprint density at radius 3 is 2.08 bits per heavy atom. The van der Waals surface area contributed by atoms with E-state index in [-0.39, 0.29) is 5.91 Å². The first-order valence-electron chi connectivity index (χ1n) is 9.73. The topological polar surface area (TPSA) is 49.0 Å². The van der Waals surface area contributed by atoms with Crippen LogP contribution >= 0.6 is 0 Å². The summed E-state index contributed by atoms with van der Waals surface area (Å²) in [6.07, 6.45) is 19.2. The van der Waals surface area contributed by atoms with Crippen molar-refractivity contribution in [2.45, 2.75) is 78.1 Å². The number of carbonyl (C=O) groups excluding carboxylic acids is 1. The molecule has 1 aromatic heterocycles. The summed E-state index contributed by atoms with van der Waals surface area (Å²) in [5, 5.41) is 0. The molecule has 0 unspecified atom stereocenters. The number of aromatic nitrogens is 2. The van der Waals surface area contributed by atoms with Crippen molar-refractivity contribution in [1.82, 2.24) is 14.9 Å².